The number of nitrogens with zero attached hydrogens (tertiary/aromatic N) is 7. The van der Waals surface area contributed by atoms with E-state index in [4.69, 9.17) is 4.74 Å². The van der Waals surface area contributed by atoms with E-state index in [1.54, 1.807) is 4.68 Å². The first-order chi connectivity index (χ1) is 15.9. The number of hydrogen-bond donors (Lipinski definition) is 0. The lowest BCUT2D eigenvalue weighted by Crippen LogP contribution is -2.60. The maximum Gasteiger partial charge on any atom is 0.255 e. The second kappa shape index (κ2) is 8.55. The summed E-state index contributed by atoms with van der Waals surface area (Å²) in [6.07, 6.45) is 1.23. The fourth-order valence-corrected chi connectivity index (χ4v) is 4.87. The molecule has 2 fully saturated rings. The molecule has 4 heterocycles. The monoisotopic (exact) mass is 447 g/mol. The summed E-state index contributed by atoms with van der Waals surface area (Å²) in [4.78, 5) is 26.8. The van der Waals surface area contributed by atoms with Gasteiger partial charge in [-0.1, -0.05) is 35.5 Å². The Labute approximate surface area is 193 Å². The highest BCUT2D eigenvalue weighted by molar-refractivity contribution is 5.86. The summed E-state index contributed by atoms with van der Waals surface area (Å²) >= 11 is 0. The van der Waals surface area contributed by atoms with Gasteiger partial charge in [0, 0.05) is 56.5 Å². The van der Waals surface area contributed by atoms with Gasteiger partial charge in [0.1, 0.15) is 11.3 Å². The number of aromatic nitrogens is 5. The third kappa shape index (κ3) is 4.08. The minimum atomic E-state index is -0.789. The van der Waals surface area contributed by atoms with Crippen LogP contribution in [0.4, 0.5) is 5.95 Å². The fourth-order valence-electron chi connectivity index (χ4n) is 4.87. The molecule has 0 saturated carbocycles. The van der Waals surface area contributed by atoms with E-state index in [0.29, 0.717) is 45.6 Å². The van der Waals surface area contributed by atoms with Crippen molar-refractivity contribution in [3.63, 3.8) is 0 Å². The number of carbonyl (C=O) groups excluding carboxylic acids is 1. The van der Waals surface area contributed by atoms with E-state index >= 15 is 0 Å². The molecule has 0 aliphatic carbocycles. The van der Waals surface area contributed by atoms with E-state index in [1.165, 1.54) is 0 Å². The van der Waals surface area contributed by atoms with Crippen LogP contribution in [0.1, 0.15) is 29.9 Å². The van der Waals surface area contributed by atoms with E-state index in [-0.39, 0.29) is 5.91 Å². The molecular weight excluding hydrogens is 418 g/mol. The molecule has 1 spiro atoms. The number of morpholine rings is 1. The number of rotatable bonds is 4. The number of anilines is 1. The van der Waals surface area contributed by atoms with Crippen LogP contribution >= 0.6 is 0 Å². The Hall–Kier alpha value is -3.33. The summed E-state index contributed by atoms with van der Waals surface area (Å²) in [5, 5.41) is 8.60. The lowest BCUT2D eigenvalue weighted by molar-refractivity contribution is -0.176. The Kier molecular flexibility index (Phi) is 5.57. The number of piperidine rings is 1. The number of aryl methyl sites for hydroxylation is 3. The molecule has 172 valence electrons. The maximum absolute atomic E-state index is 13.6. The van der Waals surface area contributed by atoms with E-state index < -0.39 is 5.60 Å². The molecule has 9 nitrogen and oxygen atoms in total. The molecular formula is C24H29N7O2. The molecule has 1 amide bonds. The Morgan fingerprint density at radius 2 is 1.73 bits per heavy atom. The highest BCUT2D eigenvalue weighted by Gasteiger charge is 2.47. The van der Waals surface area contributed by atoms with E-state index in [1.807, 2.05) is 62.2 Å². The molecule has 3 aromatic rings. The van der Waals surface area contributed by atoms with Gasteiger partial charge in [-0.2, -0.15) is 0 Å². The Balaban J connectivity index is 1.32. The molecule has 1 aromatic carbocycles. The van der Waals surface area contributed by atoms with Crippen molar-refractivity contribution >= 4 is 11.9 Å². The van der Waals surface area contributed by atoms with Crippen LogP contribution in [0.2, 0.25) is 0 Å². The predicted molar refractivity (Wildman–Crippen MR) is 123 cm³/mol. The minimum Gasteiger partial charge on any atom is -0.363 e. The summed E-state index contributed by atoms with van der Waals surface area (Å²) in [5.41, 5.74) is 3.89. The van der Waals surface area contributed by atoms with Crippen molar-refractivity contribution in [3.05, 3.63) is 53.5 Å². The van der Waals surface area contributed by atoms with Gasteiger partial charge in [0.05, 0.1) is 18.8 Å². The molecule has 5 rings (SSSR count). The number of ether oxygens (including phenoxy) is 1. The topological polar surface area (TPSA) is 89.3 Å². The SMILES string of the molecule is Cc1cc(C)nc(N2CCC3(CC2)OCCN(Cc2nnn(C)c2-c2ccccc2)C3=O)n1. The molecule has 0 atom stereocenters. The highest BCUT2D eigenvalue weighted by atomic mass is 16.5. The summed E-state index contributed by atoms with van der Waals surface area (Å²) in [6, 6.07) is 12.0. The summed E-state index contributed by atoms with van der Waals surface area (Å²) in [6.45, 7) is 6.82. The molecule has 2 aromatic heterocycles. The molecule has 0 unspecified atom stereocenters. The van der Waals surface area contributed by atoms with Gasteiger partial charge in [0.2, 0.25) is 5.95 Å². The van der Waals surface area contributed by atoms with Crippen molar-refractivity contribution in [2.45, 2.75) is 38.8 Å². The molecule has 0 N–H and O–H groups in total. The van der Waals surface area contributed by atoms with Crippen molar-refractivity contribution in [1.29, 1.82) is 0 Å². The number of amides is 1. The van der Waals surface area contributed by atoms with Crippen molar-refractivity contribution in [3.8, 4) is 11.3 Å². The van der Waals surface area contributed by atoms with Crippen molar-refractivity contribution in [2.75, 3.05) is 31.1 Å². The zero-order valence-corrected chi connectivity index (χ0v) is 19.4. The summed E-state index contributed by atoms with van der Waals surface area (Å²) < 4.78 is 7.91. The van der Waals surface area contributed by atoms with Gasteiger partial charge in [-0.3, -0.25) is 4.79 Å². The van der Waals surface area contributed by atoms with Crippen molar-refractivity contribution < 1.29 is 9.53 Å². The molecule has 2 saturated heterocycles. The van der Waals surface area contributed by atoms with Crippen LogP contribution in [0.15, 0.2) is 36.4 Å². The molecule has 33 heavy (non-hydrogen) atoms. The molecule has 0 bridgehead atoms. The lowest BCUT2D eigenvalue weighted by Gasteiger charge is -2.45. The first kappa shape index (κ1) is 21.5. The Bertz CT molecular complexity index is 1130. The lowest BCUT2D eigenvalue weighted by atomic mass is 9.88. The molecule has 2 aliphatic rings. The van der Waals surface area contributed by atoms with Gasteiger partial charge in [-0.15, -0.1) is 5.10 Å². The standard InChI is InChI=1S/C24H29N7O2/c1-17-15-18(2)26-23(25-17)30-11-9-24(10-12-30)22(32)31(13-14-33-24)16-20-21(29(3)28-27-20)19-7-5-4-6-8-19/h4-8,15H,9-14,16H2,1-3H3. The van der Waals surface area contributed by atoms with E-state index in [9.17, 15) is 4.79 Å². The summed E-state index contributed by atoms with van der Waals surface area (Å²) in [7, 11) is 1.88. The average molecular weight is 448 g/mol. The van der Waals surface area contributed by atoms with Gasteiger partial charge >= 0.3 is 0 Å². The zero-order valence-electron chi connectivity index (χ0n) is 19.4. The van der Waals surface area contributed by atoms with Crippen molar-refractivity contribution in [2.24, 2.45) is 7.05 Å². The Morgan fingerprint density at radius 3 is 2.42 bits per heavy atom. The van der Waals surface area contributed by atoms with Crippen LogP contribution in [0.3, 0.4) is 0 Å². The number of hydrogen-bond acceptors (Lipinski definition) is 7. The van der Waals surface area contributed by atoms with E-state index in [2.05, 4.69) is 25.2 Å². The van der Waals surface area contributed by atoms with Gasteiger partial charge < -0.3 is 14.5 Å². The summed E-state index contributed by atoms with van der Waals surface area (Å²) in [5.74, 6) is 0.772. The Morgan fingerprint density at radius 1 is 1.03 bits per heavy atom. The quantitative estimate of drug-likeness (QED) is 0.606. The van der Waals surface area contributed by atoms with Gasteiger partial charge in [-0.25, -0.2) is 14.6 Å². The minimum absolute atomic E-state index is 0.0411. The number of benzene rings is 1. The van der Waals surface area contributed by atoms with Crippen LogP contribution in [0, 0.1) is 13.8 Å². The smallest absolute Gasteiger partial charge is 0.255 e. The van der Waals surface area contributed by atoms with Gasteiger partial charge in [0.15, 0.2) is 0 Å². The molecule has 0 radical (unpaired) electrons. The van der Waals surface area contributed by atoms with Crippen LogP contribution in [-0.4, -0.2) is 67.6 Å². The zero-order chi connectivity index (χ0) is 23.0. The first-order valence-electron chi connectivity index (χ1n) is 11.4. The van der Waals surface area contributed by atoms with Crippen LogP contribution < -0.4 is 4.90 Å². The van der Waals surface area contributed by atoms with Gasteiger partial charge in [0.25, 0.3) is 5.91 Å². The maximum atomic E-state index is 13.6. The molecule has 2 aliphatic heterocycles. The third-order valence-corrected chi connectivity index (χ3v) is 6.53. The van der Waals surface area contributed by atoms with Crippen LogP contribution in [-0.2, 0) is 23.1 Å². The second-order valence-electron chi connectivity index (χ2n) is 8.88. The predicted octanol–water partition coefficient (Wildman–Crippen LogP) is 2.29. The third-order valence-electron chi connectivity index (χ3n) is 6.53. The molecule has 9 heteroatoms. The number of carbonyl (C=O) groups is 1. The van der Waals surface area contributed by atoms with Crippen molar-refractivity contribution in [1.82, 2.24) is 29.9 Å². The fraction of sp³-hybridized carbons (Fsp3) is 0.458. The van der Waals surface area contributed by atoms with Crippen LogP contribution in [0.5, 0.6) is 0 Å². The van der Waals surface area contributed by atoms with E-state index in [0.717, 1.165) is 34.3 Å². The first-order valence-corrected chi connectivity index (χ1v) is 11.4. The highest BCUT2D eigenvalue weighted by Crippen LogP contribution is 2.34. The average Bonchev–Trinajstić information content (AvgIpc) is 3.17. The van der Waals surface area contributed by atoms with Crippen LogP contribution in [0.25, 0.3) is 11.3 Å². The van der Waals surface area contributed by atoms with Gasteiger partial charge in [-0.05, 0) is 19.9 Å². The normalized spacial score (nSPS) is 18.2. The second-order valence-corrected chi connectivity index (χ2v) is 8.88. The largest absolute Gasteiger partial charge is 0.363 e.